The number of hydrogen-bond acceptors (Lipinski definition) is 4. The lowest BCUT2D eigenvalue weighted by molar-refractivity contribution is -0.141. The summed E-state index contributed by atoms with van der Waals surface area (Å²) in [6.45, 7) is 1.59. The maximum absolute atomic E-state index is 12.3. The zero-order chi connectivity index (χ0) is 16.5. The van der Waals surface area contributed by atoms with Gasteiger partial charge in [-0.3, -0.25) is 9.59 Å². The Balaban J connectivity index is 2.25. The van der Waals surface area contributed by atoms with E-state index in [-0.39, 0.29) is 19.0 Å². The lowest BCUT2D eigenvalue weighted by Crippen LogP contribution is -2.40. The number of carboxylic acids is 1. The van der Waals surface area contributed by atoms with Crippen molar-refractivity contribution < 1.29 is 23.1 Å². The Bertz CT molecular complexity index is 670. The van der Waals surface area contributed by atoms with E-state index >= 15 is 0 Å². The minimum absolute atomic E-state index is 0.0353. The lowest BCUT2D eigenvalue weighted by Gasteiger charge is -2.20. The molecule has 3 atom stereocenters. The number of benzene rings is 1. The fourth-order valence-corrected chi connectivity index (χ4v) is 3.23. The second-order valence-electron chi connectivity index (χ2n) is 5.68. The van der Waals surface area contributed by atoms with Crippen LogP contribution >= 0.6 is 0 Å². The Morgan fingerprint density at radius 2 is 1.82 bits per heavy atom. The molecule has 2 rings (SSSR count). The molecule has 1 amide bonds. The van der Waals surface area contributed by atoms with E-state index in [0.717, 1.165) is 11.8 Å². The van der Waals surface area contributed by atoms with Crippen LogP contribution in [0.2, 0.25) is 0 Å². The molecule has 0 radical (unpaired) electrons. The van der Waals surface area contributed by atoms with Crippen LogP contribution in [0.5, 0.6) is 0 Å². The Labute approximate surface area is 129 Å². The fraction of sp³-hybridized carbons (Fsp3) is 0.467. The van der Waals surface area contributed by atoms with E-state index in [1.807, 2.05) is 30.3 Å². The standard InChI is InChI=1S/C15H19NO5S/c1-10(22(2,20)21)14(17)16-8-12(13(9-16)15(18)19)11-6-4-3-5-7-11/h3-7,10,12-13H,8-9H2,1-2H3,(H,18,19)/t10?,12-,13+/m0/s1. The molecule has 1 fully saturated rings. The summed E-state index contributed by atoms with van der Waals surface area (Å²) in [6, 6.07) is 9.13. The molecule has 0 saturated carbocycles. The third-order valence-corrected chi connectivity index (χ3v) is 5.65. The number of nitrogens with zero attached hydrogens (tertiary/aromatic N) is 1. The summed E-state index contributed by atoms with van der Waals surface area (Å²) in [5, 5.41) is 8.23. The maximum atomic E-state index is 12.3. The highest BCUT2D eigenvalue weighted by atomic mass is 32.2. The van der Waals surface area contributed by atoms with Gasteiger partial charge in [-0.2, -0.15) is 0 Å². The molecule has 1 aliphatic rings. The van der Waals surface area contributed by atoms with Crippen LogP contribution < -0.4 is 0 Å². The number of likely N-dealkylation sites (tertiary alicyclic amines) is 1. The van der Waals surface area contributed by atoms with Crippen LogP contribution in [0.15, 0.2) is 30.3 Å². The van der Waals surface area contributed by atoms with Crippen LogP contribution in [0.4, 0.5) is 0 Å². The van der Waals surface area contributed by atoms with E-state index in [0.29, 0.717) is 0 Å². The quantitative estimate of drug-likeness (QED) is 0.882. The summed E-state index contributed by atoms with van der Waals surface area (Å²) in [5.41, 5.74) is 0.845. The van der Waals surface area contributed by atoms with Gasteiger partial charge in [0.25, 0.3) is 0 Å². The summed E-state index contributed by atoms with van der Waals surface area (Å²) in [5.74, 6) is -2.56. The van der Waals surface area contributed by atoms with Gasteiger partial charge in [0.05, 0.1) is 5.92 Å². The van der Waals surface area contributed by atoms with E-state index in [1.54, 1.807) is 0 Å². The van der Waals surface area contributed by atoms with E-state index in [4.69, 9.17) is 0 Å². The van der Waals surface area contributed by atoms with Crippen LogP contribution in [0.1, 0.15) is 18.4 Å². The van der Waals surface area contributed by atoms with Crippen molar-refractivity contribution in [1.29, 1.82) is 0 Å². The van der Waals surface area contributed by atoms with Crippen molar-refractivity contribution in [3.63, 3.8) is 0 Å². The van der Waals surface area contributed by atoms with Crippen molar-refractivity contribution in [3.05, 3.63) is 35.9 Å². The number of sulfone groups is 1. The van der Waals surface area contributed by atoms with Gasteiger partial charge in [-0.25, -0.2) is 8.42 Å². The second kappa shape index (κ2) is 6.08. The summed E-state index contributed by atoms with van der Waals surface area (Å²) in [7, 11) is -3.50. The molecule has 0 spiro atoms. The predicted octanol–water partition coefficient (Wildman–Crippen LogP) is 0.746. The highest BCUT2D eigenvalue weighted by molar-refractivity contribution is 7.92. The Hall–Kier alpha value is -1.89. The first kappa shape index (κ1) is 16.5. The molecule has 1 aliphatic heterocycles. The molecule has 0 bridgehead atoms. The summed E-state index contributed by atoms with van der Waals surface area (Å²) in [6.07, 6.45) is 1.01. The van der Waals surface area contributed by atoms with Crippen molar-refractivity contribution in [2.45, 2.75) is 18.1 Å². The van der Waals surface area contributed by atoms with Gasteiger partial charge in [0, 0.05) is 25.3 Å². The molecule has 0 aromatic heterocycles. The third kappa shape index (κ3) is 3.30. The topological polar surface area (TPSA) is 91.8 Å². The van der Waals surface area contributed by atoms with Gasteiger partial charge in [-0.05, 0) is 12.5 Å². The summed E-state index contributed by atoms with van der Waals surface area (Å²) < 4.78 is 23.1. The molecule has 6 nitrogen and oxygen atoms in total. The van der Waals surface area contributed by atoms with E-state index in [2.05, 4.69) is 0 Å². The van der Waals surface area contributed by atoms with E-state index < -0.39 is 32.9 Å². The molecule has 1 unspecified atom stereocenters. The van der Waals surface area contributed by atoms with Gasteiger partial charge >= 0.3 is 5.97 Å². The monoisotopic (exact) mass is 325 g/mol. The number of carbonyl (C=O) groups is 2. The summed E-state index contributed by atoms with van der Waals surface area (Å²) >= 11 is 0. The largest absolute Gasteiger partial charge is 0.481 e. The van der Waals surface area contributed by atoms with Crippen LogP contribution in [0.25, 0.3) is 0 Å². The van der Waals surface area contributed by atoms with Gasteiger partial charge in [0.1, 0.15) is 5.25 Å². The average Bonchev–Trinajstić information content (AvgIpc) is 2.91. The molecular formula is C15H19NO5S. The van der Waals surface area contributed by atoms with Crippen molar-refractivity contribution in [3.8, 4) is 0 Å². The first-order valence-electron chi connectivity index (χ1n) is 6.97. The lowest BCUT2D eigenvalue weighted by atomic mass is 9.89. The molecule has 120 valence electrons. The van der Waals surface area contributed by atoms with Crippen LogP contribution in [-0.4, -0.2) is 54.9 Å². The van der Waals surface area contributed by atoms with Crippen LogP contribution in [-0.2, 0) is 19.4 Å². The van der Waals surface area contributed by atoms with Gasteiger partial charge < -0.3 is 10.0 Å². The zero-order valence-corrected chi connectivity index (χ0v) is 13.3. The first-order valence-corrected chi connectivity index (χ1v) is 8.92. The second-order valence-corrected chi connectivity index (χ2v) is 8.04. The van der Waals surface area contributed by atoms with Crippen molar-refractivity contribution >= 4 is 21.7 Å². The number of carboxylic acid groups (broad SMARTS) is 1. The molecule has 0 aliphatic carbocycles. The molecule has 1 aromatic rings. The fourth-order valence-electron chi connectivity index (χ4n) is 2.71. The normalized spacial score (nSPS) is 23.3. The highest BCUT2D eigenvalue weighted by Gasteiger charge is 2.42. The van der Waals surface area contributed by atoms with Crippen molar-refractivity contribution in [2.75, 3.05) is 19.3 Å². The van der Waals surface area contributed by atoms with Gasteiger partial charge in [-0.15, -0.1) is 0 Å². The smallest absolute Gasteiger partial charge is 0.308 e. The van der Waals surface area contributed by atoms with Gasteiger partial charge in [0.15, 0.2) is 9.84 Å². The maximum Gasteiger partial charge on any atom is 0.308 e. The minimum Gasteiger partial charge on any atom is -0.481 e. The number of amides is 1. The highest BCUT2D eigenvalue weighted by Crippen LogP contribution is 2.33. The number of aliphatic carboxylic acids is 1. The van der Waals surface area contributed by atoms with E-state index in [1.165, 1.54) is 11.8 Å². The molecule has 1 aromatic carbocycles. The third-order valence-electron chi connectivity index (χ3n) is 4.17. The SMILES string of the molecule is CC(C(=O)N1C[C@@H](C(=O)O)[C@H](c2ccccc2)C1)S(C)(=O)=O. The minimum atomic E-state index is -3.50. The zero-order valence-electron chi connectivity index (χ0n) is 12.5. The van der Waals surface area contributed by atoms with Gasteiger partial charge in [0.2, 0.25) is 5.91 Å². The Kier molecular flexibility index (Phi) is 4.55. The van der Waals surface area contributed by atoms with Crippen LogP contribution in [0, 0.1) is 5.92 Å². The molecule has 1 heterocycles. The molecular weight excluding hydrogens is 306 g/mol. The molecule has 7 heteroatoms. The molecule has 1 saturated heterocycles. The van der Waals surface area contributed by atoms with Crippen LogP contribution in [0.3, 0.4) is 0 Å². The van der Waals surface area contributed by atoms with Crippen molar-refractivity contribution in [2.24, 2.45) is 5.92 Å². The average molecular weight is 325 g/mol. The first-order chi connectivity index (χ1) is 10.2. The Morgan fingerprint density at radius 3 is 2.32 bits per heavy atom. The van der Waals surface area contributed by atoms with E-state index in [9.17, 15) is 23.1 Å². The number of hydrogen-bond donors (Lipinski definition) is 1. The van der Waals surface area contributed by atoms with Crippen molar-refractivity contribution in [1.82, 2.24) is 4.90 Å². The molecule has 1 N–H and O–H groups in total. The number of rotatable bonds is 4. The summed E-state index contributed by atoms with van der Waals surface area (Å²) in [4.78, 5) is 25.1. The Morgan fingerprint density at radius 1 is 1.23 bits per heavy atom. The molecule has 22 heavy (non-hydrogen) atoms. The predicted molar refractivity (Wildman–Crippen MR) is 81.2 cm³/mol. The number of carbonyl (C=O) groups excluding carboxylic acids is 1. The van der Waals surface area contributed by atoms with Gasteiger partial charge in [-0.1, -0.05) is 30.3 Å².